The Bertz CT molecular complexity index is 1040. The minimum Gasteiger partial charge on any atom is -0.508 e. The monoisotopic (exact) mass is 360 g/mol. The number of nitrogens with one attached hydrogen (secondary N) is 2. The number of nitriles is 2. The number of nitrogens with zero attached hydrogens (tertiary/aromatic N) is 4. The normalized spacial score (nSPS) is 14.7. The van der Waals surface area contributed by atoms with Crippen molar-refractivity contribution < 1.29 is 5.11 Å². The van der Waals surface area contributed by atoms with Crippen LogP contribution in [0.3, 0.4) is 0 Å². The van der Waals surface area contributed by atoms with E-state index in [1.165, 1.54) is 0 Å². The minimum atomic E-state index is -0.651. The zero-order valence-corrected chi connectivity index (χ0v) is 14.2. The van der Waals surface area contributed by atoms with Crippen LogP contribution in [0, 0.1) is 22.8 Å². The number of hydrogen-bond acceptors (Lipinski definition) is 9. The molecule has 2 heterocycles. The summed E-state index contributed by atoms with van der Waals surface area (Å²) in [4.78, 5) is 8.67. The van der Waals surface area contributed by atoms with Crippen LogP contribution in [0.4, 0.5) is 17.3 Å². The lowest BCUT2D eigenvalue weighted by Gasteiger charge is -2.26. The van der Waals surface area contributed by atoms with Crippen LogP contribution in [-0.4, -0.2) is 16.1 Å². The number of anilines is 3. The zero-order chi connectivity index (χ0) is 19.6. The summed E-state index contributed by atoms with van der Waals surface area (Å²) in [6, 6.07) is 6.31. The lowest BCUT2D eigenvalue weighted by molar-refractivity contribution is 0.469. The smallest absolute Gasteiger partial charge is 0.211 e. The Hall–Kier alpha value is -4.24. The first-order chi connectivity index (χ1) is 13.0. The summed E-state index contributed by atoms with van der Waals surface area (Å²) in [7, 11) is 0. The Balaban J connectivity index is 2.23. The van der Waals surface area contributed by atoms with E-state index in [1.54, 1.807) is 30.5 Å². The molecular formula is C18H16N8O. The maximum Gasteiger partial charge on any atom is 0.211 e. The Morgan fingerprint density at radius 2 is 2.15 bits per heavy atom. The van der Waals surface area contributed by atoms with Gasteiger partial charge in [0.25, 0.3) is 0 Å². The number of phenolic OH excluding ortho intramolecular Hbond substituents is 1. The van der Waals surface area contributed by atoms with Crippen molar-refractivity contribution >= 4 is 23.3 Å². The number of benzene rings is 1. The second-order valence-corrected chi connectivity index (χ2v) is 5.78. The van der Waals surface area contributed by atoms with Crippen LogP contribution in [0.5, 0.6) is 5.75 Å². The van der Waals surface area contributed by atoms with Gasteiger partial charge in [-0.3, -0.25) is 5.32 Å². The average molecular weight is 360 g/mol. The highest BCUT2D eigenvalue weighted by Crippen LogP contribution is 2.41. The summed E-state index contributed by atoms with van der Waals surface area (Å²) in [5.41, 5.74) is 14.1. The van der Waals surface area contributed by atoms with Crippen molar-refractivity contribution in [3.05, 3.63) is 53.1 Å². The number of nitrogen functional groups attached to an aromatic ring is 2. The van der Waals surface area contributed by atoms with Crippen LogP contribution in [0.15, 0.2) is 35.8 Å². The van der Waals surface area contributed by atoms with Gasteiger partial charge in [0.05, 0.1) is 5.69 Å². The molecule has 134 valence electrons. The third-order valence-electron chi connectivity index (χ3n) is 4.14. The first-order valence-electron chi connectivity index (χ1n) is 7.91. The Labute approximate surface area is 155 Å². The van der Waals surface area contributed by atoms with Gasteiger partial charge < -0.3 is 21.9 Å². The summed E-state index contributed by atoms with van der Waals surface area (Å²) >= 11 is 0. The molecule has 1 aliphatic heterocycles. The molecule has 9 nitrogen and oxygen atoms in total. The Morgan fingerprint density at radius 1 is 1.37 bits per heavy atom. The van der Waals surface area contributed by atoms with E-state index >= 15 is 0 Å². The third kappa shape index (κ3) is 3.05. The topological polar surface area (TPSA) is 169 Å². The highest BCUT2D eigenvalue weighted by molar-refractivity contribution is 5.98. The van der Waals surface area contributed by atoms with Gasteiger partial charge in [-0.25, -0.2) is 9.98 Å². The van der Waals surface area contributed by atoms with Crippen LogP contribution in [0.25, 0.3) is 0 Å². The van der Waals surface area contributed by atoms with Gasteiger partial charge in [-0.2, -0.15) is 10.5 Å². The molecule has 0 aliphatic carbocycles. The van der Waals surface area contributed by atoms with Crippen molar-refractivity contribution in [3.8, 4) is 18.0 Å². The molecule has 0 bridgehead atoms. The van der Waals surface area contributed by atoms with E-state index in [2.05, 4.69) is 27.2 Å². The highest BCUT2D eigenvalue weighted by Gasteiger charge is 2.29. The number of nitrogens with two attached hydrogens (primary N) is 2. The van der Waals surface area contributed by atoms with Crippen molar-refractivity contribution in [2.24, 2.45) is 4.99 Å². The van der Waals surface area contributed by atoms with E-state index in [-0.39, 0.29) is 28.8 Å². The fourth-order valence-electron chi connectivity index (χ4n) is 2.92. The lowest BCUT2D eigenvalue weighted by atomic mass is 9.93. The van der Waals surface area contributed by atoms with Gasteiger partial charge in [-0.05, 0) is 29.7 Å². The maximum atomic E-state index is 10.0. The van der Waals surface area contributed by atoms with Crippen LogP contribution >= 0.6 is 0 Å². The molecule has 27 heavy (non-hydrogen) atoms. The van der Waals surface area contributed by atoms with Gasteiger partial charge in [-0.1, -0.05) is 12.1 Å². The molecule has 0 saturated carbocycles. The van der Waals surface area contributed by atoms with Crippen LogP contribution in [0.1, 0.15) is 28.3 Å². The Kier molecular flexibility index (Phi) is 4.52. The SMILES string of the molecule is C=CCc1cc(C2N=C(NC#N)Nc3nc(N)c(C#N)c(N)c32)ccc1O. The predicted octanol–water partition coefficient (Wildman–Crippen LogP) is 1.49. The van der Waals surface area contributed by atoms with Crippen LogP contribution < -0.4 is 22.1 Å². The molecular weight excluding hydrogens is 344 g/mol. The van der Waals surface area contributed by atoms with Crippen LogP contribution in [-0.2, 0) is 6.42 Å². The number of aromatic nitrogens is 1. The molecule has 0 radical (unpaired) electrons. The number of allylic oxidation sites excluding steroid dienone is 1. The summed E-state index contributed by atoms with van der Waals surface area (Å²) < 4.78 is 0. The van der Waals surface area contributed by atoms with E-state index in [1.807, 2.05) is 6.07 Å². The fourth-order valence-corrected chi connectivity index (χ4v) is 2.92. The van der Waals surface area contributed by atoms with E-state index in [0.29, 0.717) is 28.9 Å². The van der Waals surface area contributed by atoms with Gasteiger partial charge in [0.2, 0.25) is 5.96 Å². The molecule has 0 saturated heterocycles. The van der Waals surface area contributed by atoms with Crippen LogP contribution in [0.2, 0.25) is 0 Å². The number of aliphatic imine (C=N–C) groups is 1. The maximum absolute atomic E-state index is 10.0. The number of pyridine rings is 1. The summed E-state index contributed by atoms with van der Waals surface area (Å²) in [6.45, 7) is 3.68. The fraction of sp³-hybridized carbons (Fsp3) is 0.111. The number of aromatic hydroxyl groups is 1. The van der Waals surface area contributed by atoms with E-state index < -0.39 is 6.04 Å². The first-order valence-corrected chi connectivity index (χ1v) is 7.91. The minimum absolute atomic E-state index is 0.0174. The van der Waals surface area contributed by atoms with Gasteiger partial charge in [0.1, 0.15) is 35.1 Å². The number of fused-ring (bicyclic) bond motifs is 1. The van der Waals surface area contributed by atoms with Gasteiger partial charge in [0.15, 0.2) is 6.19 Å². The molecule has 7 N–H and O–H groups in total. The van der Waals surface area contributed by atoms with E-state index in [9.17, 15) is 10.4 Å². The van der Waals surface area contributed by atoms with E-state index in [0.717, 1.165) is 0 Å². The van der Waals surface area contributed by atoms with Crippen molar-refractivity contribution in [2.75, 3.05) is 16.8 Å². The summed E-state index contributed by atoms with van der Waals surface area (Å²) in [5.74, 6) is 0.592. The van der Waals surface area contributed by atoms with Gasteiger partial charge in [-0.15, -0.1) is 6.58 Å². The quantitative estimate of drug-likeness (QED) is 0.311. The number of phenols is 1. The third-order valence-corrected chi connectivity index (χ3v) is 4.14. The van der Waals surface area contributed by atoms with E-state index in [4.69, 9.17) is 16.7 Å². The van der Waals surface area contributed by atoms with Crippen molar-refractivity contribution in [2.45, 2.75) is 12.5 Å². The van der Waals surface area contributed by atoms with Gasteiger partial charge in [0, 0.05) is 5.56 Å². The molecule has 1 aromatic carbocycles. The molecule has 1 aliphatic rings. The van der Waals surface area contributed by atoms with Gasteiger partial charge >= 0.3 is 0 Å². The standard InChI is InChI=1S/C18H16N8O/c1-2-3-9-6-10(4-5-12(9)27)15-13-14(21)11(7-19)16(22)25-17(13)26-18(24-15)23-8-20/h2,4-6,15,27H,1,3H2,(H6,21,22,23,24,25,26). The highest BCUT2D eigenvalue weighted by atomic mass is 16.3. The number of guanidine groups is 1. The number of rotatable bonds is 3. The zero-order valence-electron chi connectivity index (χ0n) is 14.2. The number of hydrogen-bond donors (Lipinski definition) is 5. The lowest BCUT2D eigenvalue weighted by Crippen LogP contribution is -2.32. The second-order valence-electron chi connectivity index (χ2n) is 5.78. The Morgan fingerprint density at radius 3 is 2.81 bits per heavy atom. The molecule has 1 atom stereocenters. The molecule has 0 fully saturated rings. The molecule has 1 unspecified atom stereocenters. The summed E-state index contributed by atoms with van der Waals surface area (Å²) in [6.07, 6.45) is 3.93. The second kappa shape index (κ2) is 6.94. The summed E-state index contributed by atoms with van der Waals surface area (Å²) in [5, 5.41) is 33.6. The average Bonchev–Trinajstić information content (AvgIpc) is 2.63. The van der Waals surface area contributed by atoms with Crippen molar-refractivity contribution in [3.63, 3.8) is 0 Å². The molecule has 2 aromatic rings. The molecule has 0 amide bonds. The molecule has 3 rings (SSSR count). The predicted molar refractivity (Wildman–Crippen MR) is 101 cm³/mol. The first kappa shape index (κ1) is 17.6. The molecule has 1 aromatic heterocycles. The molecule has 0 spiro atoms. The molecule has 9 heteroatoms. The largest absolute Gasteiger partial charge is 0.508 e. The van der Waals surface area contributed by atoms with Crippen molar-refractivity contribution in [1.82, 2.24) is 10.3 Å². The van der Waals surface area contributed by atoms with Crippen molar-refractivity contribution in [1.29, 1.82) is 10.5 Å².